The molecule has 0 N–H and O–H groups in total. The Morgan fingerprint density at radius 1 is 0.275 bits per heavy atom. The Bertz CT molecular complexity index is 3930. The lowest BCUT2D eigenvalue weighted by atomic mass is 9.95. The van der Waals surface area contributed by atoms with Gasteiger partial charge in [0, 0.05) is 55.2 Å². The minimum Gasteiger partial charge on any atom is -0.455 e. The fourth-order valence-electron chi connectivity index (χ4n) is 10.4. The molecule has 3 heteroatoms. The number of nitrogens with zero attached hydrogens (tertiary/aromatic N) is 2. The van der Waals surface area contributed by atoms with E-state index in [0.717, 1.165) is 83.6 Å². The number of aromatic nitrogens is 1. The van der Waals surface area contributed by atoms with Crippen LogP contribution in [0.2, 0.25) is 0 Å². The Labute approximate surface area is 401 Å². The normalized spacial score (nSPS) is 11.5. The van der Waals surface area contributed by atoms with Gasteiger partial charge in [-0.1, -0.05) is 212 Å². The van der Waals surface area contributed by atoms with Crippen LogP contribution in [-0.2, 0) is 0 Å². The summed E-state index contributed by atoms with van der Waals surface area (Å²) in [5, 5.41) is 4.72. The zero-order valence-electron chi connectivity index (χ0n) is 37.7. The molecule has 2 heterocycles. The first-order chi connectivity index (χ1) is 34.2. The van der Waals surface area contributed by atoms with Gasteiger partial charge in [-0.3, -0.25) is 0 Å². The topological polar surface area (TPSA) is 21.3 Å². The molecule has 69 heavy (non-hydrogen) atoms. The molecule has 3 nitrogen and oxygen atoms in total. The molecule has 13 rings (SSSR count). The van der Waals surface area contributed by atoms with Gasteiger partial charge in [0.1, 0.15) is 11.2 Å². The van der Waals surface area contributed by atoms with Gasteiger partial charge in [0.2, 0.25) is 0 Å². The van der Waals surface area contributed by atoms with Gasteiger partial charge in [0.15, 0.2) is 0 Å². The first-order valence-corrected chi connectivity index (χ1v) is 23.6. The summed E-state index contributed by atoms with van der Waals surface area (Å²) in [5.41, 5.74) is 19.8. The summed E-state index contributed by atoms with van der Waals surface area (Å²) in [4.78, 5) is 2.40. The van der Waals surface area contributed by atoms with Crippen molar-refractivity contribution < 1.29 is 4.42 Å². The Morgan fingerprint density at radius 2 is 0.681 bits per heavy atom. The van der Waals surface area contributed by atoms with E-state index in [1.807, 2.05) is 0 Å². The van der Waals surface area contributed by atoms with Crippen molar-refractivity contribution in [3.05, 3.63) is 267 Å². The minimum atomic E-state index is 0.889. The number of rotatable bonds is 9. The van der Waals surface area contributed by atoms with Crippen LogP contribution in [0, 0.1) is 0 Å². The molecule has 0 aliphatic heterocycles. The lowest BCUT2D eigenvalue weighted by Gasteiger charge is -2.29. The van der Waals surface area contributed by atoms with Crippen LogP contribution in [0.25, 0.3) is 105 Å². The Morgan fingerprint density at radius 3 is 1.25 bits per heavy atom. The molecule has 324 valence electrons. The molecule has 0 fully saturated rings. The molecule has 0 unspecified atom stereocenters. The quantitative estimate of drug-likeness (QED) is 0.144. The number of hydrogen-bond acceptors (Lipinski definition) is 2. The van der Waals surface area contributed by atoms with Gasteiger partial charge in [-0.25, -0.2) is 0 Å². The third-order valence-electron chi connectivity index (χ3n) is 13.6. The molecule has 0 spiro atoms. The third kappa shape index (κ3) is 6.99. The van der Waals surface area contributed by atoms with Gasteiger partial charge in [-0.15, -0.1) is 0 Å². The van der Waals surface area contributed by atoms with Gasteiger partial charge < -0.3 is 13.9 Å². The largest absolute Gasteiger partial charge is 0.455 e. The molecule has 0 bridgehead atoms. The Hall–Kier alpha value is -9.18. The number of anilines is 3. The number of hydrogen-bond donors (Lipinski definition) is 0. The van der Waals surface area contributed by atoms with Crippen molar-refractivity contribution >= 4 is 60.8 Å². The fraction of sp³-hybridized carbons (Fsp3) is 0. The highest BCUT2D eigenvalue weighted by Gasteiger charge is 2.21. The molecule has 0 atom stereocenters. The van der Waals surface area contributed by atoms with Crippen LogP contribution >= 0.6 is 0 Å². The second-order valence-electron chi connectivity index (χ2n) is 17.6. The highest BCUT2D eigenvalue weighted by Crippen LogP contribution is 2.46. The summed E-state index contributed by atoms with van der Waals surface area (Å²) in [5.74, 6) is 0. The average molecular weight is 881 g/mol. The highest BCUT2D eigenvalue weighted by atomic mass is 16.3. The van der Waals surface area contributed by atoms with Crippen LogP contribution in [0.4, 0.5) is 17.1 Å². The molecule has 0 saturated heterocycles. The van der Waals surface area contributed by atoms with E-state index in [0.29, 0.717) is 0 Å². The van der Waals surface area contributed by atoms with Crippen molar-refractivity contribution in [1.82, 2.24) is 4.57 Å². The second kappa shape index (κ2) is 16.9. The van der Waals surface area contributed by atoms with Crippen LogP contribution in [0.3, 0.4) is 0 Å². The SMILES string of the molecule is c1ccc(-c2ccc(N(c3ccc(-c4ccccc4-n4c5ccccc5c5ccccc54)cc3)c3ccc(-c4cccc5c4oc4c(-c6ccccc6)cccc45)cc3)c(-c3ccccc3)c2)cc1. The highest BCUT2D eigenvalue weighted by molar-refractivity contribution is 6.13. The predicted octanol–water partition coefficient (Wildman–Crippen LogP) is 18.5. The monoisotopic (exact) mass is 880 g/mol. The van der Waals surface area contributed by atoms with E-state index >= 15 is 0 Å². The predicted molar refractivity (Wildman–Crippen MR) is 290 cm³/mol. The summed E-state index contributed by atoms with van der Waals surface area (Å²) >= 11 is 0. The standard InChI is InChI=1S/C66H44N2O/c1-4-18-45(19-5-1)50-38-43-64(60(44-50)47-22-8-3-9-23-47)67(51-39-34-48(35-40-51)53-24-10-13-31-61(53)68-62-32-14-11-25-56(62)57-26-12-15-33-63(57)68)52-41-36-49(37-42-52)55-28-17-30-59-58-29-16-27-54(65(58)69-66(55)59)46-20-6-2-7-21-46/h1-44H. The molecule has 0 aliphatic rings. The van der Waals surface area contributed by atoms with Gasteiger partial charge in [0.05, 0.1) is 22.4 Å². The summed E-state index contributed by atoms with van der Waals surface area (Å²) < 4.78 is 9.28. The maximum Gasteiger partial charge on any atom is 0.143 e. The van der Waals surface area contributed by atoms with Gasteiger partial charge >= 0.3 is 0 Å². The molecule has 13 aromatic rings. The minimum absolute atomic E-state index is 0.889. The first kappa shape index (κ1) is 40.1. The molecule has 2 aromatic heterocycles. The summed E-state index contributed by atoms with van der Waals surface area (Å²) in [7, 11) is 0. The maximum absolute atomic E-state index is 6.86. The lowest BCUT2D eigenvalue weighted by molar-refractivity contribution is 0.671. The molecule has 0 radical (unpaired) electrons. The van der Waals surface area contributed by atoms with Crippen LogP contribution in [0.1, 0.15) is 0 Å². The van der Waals surface area contributed by atoms with Gasteiger partial charge in [-0.05, 0) is 88.0 Å². The number of benzene rings is 11. The van der Waals surface area contributed by atoms with Crippen LogP contribution in [-0.4, -0.2) is 4.57 Å². The average Bonchev–Trinajstić information content (AvgIpc) is 3.99. The van der Waals surface area contributed by atoms with E-state index in [2.05, 4.69) is 276 Å². The van der Waals surface area contributed by atoms with Crippen molar-refractivity contribution in [2.45, 2.75) is 0 Å². The fourth-order valence-corrected chi connectivity index (χ4v) is 10.4. The van der Waals surface area contributed by atoms with Crippen molar-refractivity contribution in [3.63, 3.8) is 0 Å². The van der Waals surface area contributed by atoms with Crippen molar-refractivity contribution in [2.75, 3.05) is 4.90 Å². The zero-order valence-corrected chi connectivity index (χ0v) is 37.7. The van der Waals surface area contributed by atoms with Crippen molar-refractivity contribution in [3.8, 4) is 61.3 Å². The van der Waals surface area contributed by atoms with Crippen LogP contribution in [0.15, 0.2) is 271 Å². The maximum atomic E-state index is 6.86. The molecular weight excluding hydrogens is 837 g/mol. The third-order valence-corrected chi connectivity index (χ3v) is 13.6. The molecule has 0 saturated carbocycles. The Balaban J connectivity index is 0.954. The molecule has 11 aromatic carbocycles. The van der Waals surface area contributed by atoms with E-state index in [1.54, 1.807) is 0 Å². The molecular formula is C66H44N2O. The molecule has 0 amide bonds. The summed E-state index contributed by atoms with van der Waals surface area (Å²) in [6, 6.07) is 95.9. The number of fused-ring (bicyclic) bond motifs is 6. The van der Waals surface area contributed by atoms with Gasteiger partial charge in [-0.2, -0.15) is 0 Å². The van der Waals surface area contributed by atoms with E-state index < -0.39 is 0 Å². The van der Waals surface area contributed by atoms with E-state index in [4.69, 9.17) is 4.42 Å². The van der Waals surface area contributed by atoms with Crippen LogP contribution < -0.4 is 4.90 Å². The number of furan rings is 1. The van der Waals surface area contributed by atoms with Crippen molar-refractivity contribution in [2.24, 2.45) is 0 Å². The van der Waals surface area contributed by atoms with E-state index in [-0.39, 0.29) is 0 Å². The molecule has 0 aliphatic carbocycles. The Kier molecular flexibility index (Phi) is 9.84. The smallest absolute Gasteiger partial charge is 0.143 e. The van der Waals surface area contributed by atoms with Gasteiger partial charge in [0.25, 0.3) is 0 Å². The summed E-state index contributed by atoms with van der Waals surface area (Å²) in [6.07, 6.45) is 0. The lowest BCUT2D eigenvalue weighted by Crippen LogP contribution is -2.11. The summed E-state index contributed by atoms with van der Waals surface area (Å²) in [6.45, 7) is 0. The second-order valence-corrected chi connectivity index (χ2v) is 17.6. The zero-order chi connectivity index (χ0) is 45.7. The number of para-hydroxylation sites is 5. The van der Waals surface area contributed by atoms with E-state index in [1.165, 1.54) is 38.5 Å². The van der Waals surface area contributed by atoms with Crippen molar-refractivity contribution in [1.29, 1.82) is 0 Å². The van der Waals surface area contributed by atoms with E-state index in [9.17, 15) is 0 Å². The first-order valence-electron chi connectivity index (χ1n) is 23.6. The van der Waals surface area contributed by atoms with Crippen LogP contribution in [0.5, 0.6) is 0 Å².